The summed E-state index contributed by atoms with van der Waals surface area (Å²) in [7, 11) is 0. The third kappa shape index (κ3) is 3.56. The van der Waals surface area contributed by atoms with Gasteiger partial charge in [-0.05, 0) is 38.8 Å². The van der Waals surface area contributed by atoms with Gasteiger partial charge < -0.3 is 15.0 Å². The minimum atomic E-state index is -0.777. The molecular weight excluding hydrogens is 406 g/mol. The van der Waals surface area contributed by atoms with Crippen molar-refractivity contribution in [2.75, 3.05) is 0 Å². The van der Waals surface area contributed by atoms with Gasteiger partial charge in [-0.15, -0.1) is 0 Å². The maximum atomic E-state index is 12.4. The fourth-order valence-electron chi connectivity index (χ4n) is 4.27. The molecule has 9 heteroatoms. The van der Waals surface area contributed by atoms with Crippen LogP contribution in [0.5, 0.6) is 5.75 Å². The number of hydrogen-bond donors (Lipinski definition) is 2. The third-order valence-electron chi connectivity index (χ3n) is 5.60. The number of rotatable bonds is 5. The number of fused-ring (bicyclic) bond motifs is 1. The highest BCUT2D eigenvalue weighted by atomic mass is 35.5. The smallest absolute Gasteiger partial charge is 0.276 e. The molecule has 3 heterocycles. The van der Waals surface area contributed by atoms with Crippen molar-refractivity contribution in [2.45, 2.75) is 57.7 Å². The Balaban J connectivity index is 1.78. The molecule has 3 aromatic rings. The van der Waals surface area contributed by atoms with E-state index in [4.69, 9.17) is 11.6 Å². The lowest BCUT2D eigenvalue weighted by atomic mass is 9.97. The summed E-state index contributed by atoms with van der Waals surface area (Å²) >= 11 is 6.46. The van der Waals surface area contributed by atoms with E-state index in [1.165, 1.54) is 10.9 Å². The third-order valence-corrected chi connectivity index (χ3v) is 5.90. The molecule has 8 nitrogen and oxygen atoms in total. The number of pyridine rings is 1. The van der Waals surface area contributed by atoms with Crippen molar-refractivity contribution in [1.82, 2.24) is 24.6 Å². The molecule has 1 fully saturated rings. The van der Waals surface area contributed by atoms with E-state index in [0.717, 1.165) is 36.7 Å². The quantitative estimate of drug-likeness (QED) is 0.649. The lowest BCUT2D eigenvalue weighted by Gasteiger charge is -2.32. The van der Waals surface area contributed by atoms with E-state index in [1.807, 2.05) is 18.3 Å². The van der Waals surface area contributed by atoms with Crippen LogP contribution < -0.4 is 10.7 Å². The first kappa shape index (κ1) is 20.4. The molecule has 0 bridgehead atoms. The van der Waals surface area contributed by atoms with E-state index in [1.54, 1.807) is 20.0 Å². The van der Waals surface area contributed by atoms with E-state index in [-0.39, 0.29) is 17.3 Å². The van der Waals surface area contributed by atoms with Crippen LogP contribution >= 0.6 is 11.6 Å². The van der Waals surface area contributed by atoms with Gasteiger partial charge in [-0.25, -0.2) is 4.98 Å². The minimum Gasteiger partial charge on any atom is -0.503 e. The van der Waals surface area contributed by atoms with Crippen LogP contribution in [0.3, 0.4) is 0 Å². The number of aromatic nitrogens is 4. The molecule has 2 N–H and O–H groups in total. The van der Waals surface area contributed by atoms with Crippen LogP contribution in [-0.2, 0) is 12.1 Å². The zero-order valence-electron chi connectivity index (χ0n) is 16.9. The van der Waals surface area contributed by atoms with Crippen molar-refractivity contribution in [2.24, 2.45) is 0 Å². The molecule has 0 aliphatic heterocycles. The maximum Gasteiger partial charge on any atom is 0.276 e. The van der Waals surface area contributed by atoms with Crippen LogP contribution in [0.1, 0.15) is 50.0 Å². The summed E-state index contributed by atoms with van der Waals surface area (Å²) in [5, 5.41) is 18.6. The average molecular weight is 430 g/mol. The van der Waals surface area contributed by atoms with E-state index < -0.39 is 17.1 Å². The van der Waals surface area contributed by atoms with Gasteiger partial charge >= 0.3 is 0 Å². The molecule has 0 spiro atoms. The first-order valence-electron chi connectivity index (χ1n) is 10.0. The van der Waals surface area contributed by atoms with Gasteiger partial charge in [0.15, 0.2) is 11.4 Å². The Morgan fingerprint density at radius 3 is 2.77 bits per heavy atom. The van der Waals surface area contributed by atoms with E-state index in [2.05, 4.69) is 20.0 Å². The monoisotopic (exact) mass is 429 g/mol. The van der Waals surface area contributed by atoms with Crippen molar-refractivity contribution in [1.29, 1.82) is 0 Å². The summed E-state index contributed by atoms with van der Waals surface area (Å²) in [4.78, 5) is 29.2. The molecule has 3 aromatic heterocycles. The number of nitrogens with zero attached hydrogens (tertiary/aromatic N) is 4. The molecule has 1 aliphatic rings. The standard InChI is InChI=1S/C21H24ClN5O3/c1-13(2)24-20(30)17-18(29)16(28)11-26(25-17)12-21(7-3-4-8-21)27-10-15(22)14-6-5-9-23-19(14)27/h5-6,9-11,13,28H,3-4,7-8,12H2,1-2H3,(H,24,30). The SMILES string of the molecule is CC(C)NC(=O)c1nn(CC2(n3cc(Cl)c4cccnc43)CCCC2)cc(O)c1=O. The number of halogens is 1. The molecule has 4 rings (SSSR count). The van der Waals surface area contributed by atoms with E-state index in [9.17, 15) is 14.7 Å². The molecule has 0 atom stereocenters. The van der Waals surface area contributed by atoms with Gasteiger partial charge in [-0.3, -0.25) is 14.3 Å². The molecule has 0 saturated heterocycles. The van der Waals surface area contributed by atoms with E-state index in [0.29, 0.717) is 11.6 Å². The fraction of sp³-hybridized carbons (Fsp3) is 0.429. The number of carbonyl (C=O) groups excluding carboxylic acids is 1. The summed E-state index contributed by atoms with van der Waals surface area (Å²) in [6.07, 6.45) is 8.69. The summed E-state index contributed by atoms with van der Waals surface area (Å²) < 4.78 is 3.57. The number of amides is 1. The van der Waals surface area contributed by atoms with Gasteiger partial charge in [-0.2, -0.15) is 5.10 Å². The Hall–Kier alpha value is -2.87. The maximum absolute atomic E-state index is 12.4. The Morgan fingerprint density at radius 2 is 2.07 bits per heavy atom. The fourth-order valence-corrected chi connectivity index (χ4v) is 4.52. The summed E-state index contributed by atoms with van der Waals surface area (Å²) in [5.41, 5.74) is -0.682. The summed E-state index contributed by atoms with van der Waals surface area (Å²) in [5.74, 6) is -1.10. The van der Waals surface area contributed by atoms with Crippen molar-refractivity contribution in [3.05, 3.63) is 51.7 Å². The largest absolute Gasteiger partial charge is 0.503 e. The van der Waals surface area contributed by atoms with Crippen LogP contribution in [0.2, 0.25) is 5.02 Å². The first-order chi connectivity index (χ1) is 14.3. The minimum absolute atomic E-state index is 0.157. The predicted octanol–water partition coefficient (Wildman–Crippen LogP) is 3.06. The van der Waals surface area contributed by atoms with Crippen LogP contribution in [0.25, 0.3) is 11.0 Å². The van der Waals surface area contributed by atoms with Crippen molar-refractivity contribution < 1.29 is 9.90 Å². The van der Waals surface area contributed by atoms with Crippen LogP contribution in [-0.4, -0.2) is 36.4 Å². The van der Waals surface area contributed by atoms with Gasteiger partial charge in [0.25, 0.3) is 11.3 Å². The predicted molar refractivity (Wildman–Crippen MR) is 114 cm³/mol. The van der Waals surface area contributed by atoms with E-state index >= 15 is 0 Å². The average Bonchev–Trinajstić information content (AvgIpc) is 3.30. The second-order valence-corrected chi connectivity index (χ2v) is 8.58. The van der Waals surface area contributed by atoms with Gasteiger partial charge in [0.05, 0.1) is 23.3 Å². The topological polar surface area (TPSA) is 102 Å². The van der Waals surface area contributed by atoms with Gasteiger partial charge in [-0.1, -0.05) is 24.4 Å². The summed E-state index contributed by atoms with van der Waals surface area (Å²) in [6.45, 7) is 3.96. The summed E-state index contributed by atoms with van der Waals surface area (Å²) in [6, 6.07) is 3.62. The molecule has 30 heavy (non-hydrogen) atoms. The number of hydrogen-bond acceptors (Lipinski definition) is 5. The lowest BCUT2D eigenvalue weighted by Crippen LogP contribution is -2.39. The zero-order chi connectivity index (χ0) is 21.5. The molecule has 158 valence electrons. The Morgan fingerprint density at radius 1 is 1.33 bits per heavy atom. The van der Waals surface area contributed by atoms with Gasteiger partial charge in [0.1, 0.15) is 5.65 Å². The number of aromatic hydroxyl groups is 1. The number of carbonyl (C=O) groups is 1. The van der Waals surface area contributed by atoms with Crippen molar-refractivity contribution in [3.8, 4) is 5.75 Å². The molecule has 1 aliphatic carbocycles. The zero-order valence-corrected chi connectivity index (χ0v) is 17.7. The Bertz CT molecular complexity index is 1160. The molecule has 1 saturated carbocycles. The second-order valence-electron chi connectivity index (χ2n) is 8.17. The molecule has 0 unspecified atom stereocenters. The van der Waals surface area contributed by atoms with Crippen LogP contribution in [0, 0.1) is 0 Å². The lowest BCUT2D eigenvalue weighted by molar-refractivity contribution is 0.0932. The molecule has 0 aromatic carbocycles. The Labute approximate surface area is 178 Å². The highest BCUT2D eigenvalue weighted by Gasteiger charge is 2.38. The normalized spacial score (nSPS) is 15.7. The first-order valence-corrected chi connectivity index (χ1v) is 10.4. The number of nitrogens with one attached hydrogen (secondary N) is 1. The van der Waals surface area contributed by atoms with Gasteiger partial charge in [0, 0.05) is 23.8 Å². The van der Waals surface area contributed by atoms with Gasteiger partial charge in [0.2, 0.25) is 0 Å². The second kappa shape index (κ2) is 7.75. The van der Waals surface area contributed by atoms with Crippen LogP contribution in [0.4, 0.5) is 0 Å². The Kier molecular flexibility index (Phi) is 5.27. The molecule has 0 radical (unpaired) electrons. The van der Waals surface area contributed by atoms with Crippen LogP contribution in [0.15, 0.2) is 35.5 Å². The van der Waals surface area contributed by atoms with Crippen molar-refractivity contribution >= 4 is 28.5 Å². The highest BCUT2D eigenvalue weighted by molar-refractivity contribution is 6.35. The highest BCUT2D eigenvalue weighted by Crippen LogP contribution is 2.41. The molecule has 1 amide bonds. The van der Waals surface area contributed by atoms with Crippen molar-refractivity contribution in [3.63, 3.8) is 0 Å². The molecular formula is C21H24ClN5O3.